The van der Waals surface area contributed by atoms with E-state index in [0.717, 1.165) is 32.5 Å². The molecule has 5 heteroatoms. The van der Waals surface area contributed by atoms with Gasteiger partial charge in [-0.2, -0.15) is 0 Å². The van der Waals surface area contributed by atoms with Crippen LogP contribution in [0.5, 0.6) is 5.75 Å². The van der Waals surface area contributed by atoms with Crippen molar-refractivity contribution in [1.29, 1.82) is 0 Å². The molecule has 1 aromatic carbocycles. The quantitative estimate of drug-likeness (QED) is 0.863. The van der Waals surface area contributed by atoms with Crippen molar-refractivity contribution in [2.24, 2.45) is 0 Å². The van der Waals surface area contributed by atoms with Gasteiger partial charge in [-0.1, -0.05) is 13.0 Å². The highest BCUT2D eigenvalue weighted by atomic mass is 16.5. The van der Waals surface area contributed by atoms with Gasteiger partial charge in [-0.05, 0) is 31.5 Å². The molecule has 0 aliphatic carbocycles. The number of benzene rings is 1. The molecule has 1 unspecified atom stereocenters. The molecular weight excluding hydrogens is 266 g/mol. The van der Waals surface area contributed by atoms with E-state index in [1.54, 1.807) is 18.0 Å². The van der Waals surface area contributed by atoms with E-state index in [1.807, 2.05) is 18.2 Å². The average Bonchev–Trinajstić information content (AvgIpc) is 2.96. The van der Waals surface area contributed by atoms with Crippen LogP contribution in [0.15, 0.2) is 29.3 Å². The van der Waals surface area contributed by atoms with Crippen molar-refractivity contribution in [1.82, 2.24) is 14.5 Å². The fourth-order valence-corrected chi connectivity index (χ4v) is 3.14. The van der Waals surface area contributed by atoms with Gasteiger partial charge in [-0.25, -0.2) is 4.98 Å². The van der Waals surface area contributed by atoms with Crippen molar-refractivity contribution in [3.05, 3.63) is 34.9 Å². The Morgan fingerprint density at radius 1 is 1.43 bits per heavy atom. The molecule has 0 amide bonds. The molecule has 1 fully saturated rings. The Bertz CT molecular complexity index is 695. The molecule has 0 radical (unpaired) electrons. The summed E-state index contributed by atoms with van der Waals surface area (Å²) in [5.74, 6) is 0.600. The van der Waals surface area contributed by atoms with Crippen LogP contribution in [0.1, 0.15) is 25.8 Å². The summed E-state index contributed by atoms with van der Waals surface area (Å²) >= 11 is 0. The van der Waals surface area contributed by atoms with Crippen LogP contribution in [0.3, 0.4) is 0 Å². The van der Waals surface area contributed by atoms with Crippen molar-refractivity contribution >= 4 is 10.9 Å². The summed E-state index contributed by atoms with van der Waals surface area (Å²) in [7, 11) is 1.59. The lowest BCUT2D eigenvalue weighted by Crippen LogP contribution is -2.28. The Morgan fingerprint density at radius 3 is 3.05 bits per heavy atom. The number of ether oxygens (including phenoxy) is 1. The molecule has 1 aliphatic rings. The van der Waals surface area contributed by atoms with Crippen LogP contribution in [0.2, 0.25) is 0 Å². The molecule has 0 spiro atoms. The average molecular weight is 287 g/mol. The number of likely N-dealkylation sites (tertiary alicyclic amines) is 1. The zero-order valence-electron chi connectivity index (χ0n) is 12.6. The van der Waals surface area contributed by atoms with E-state index in [4.69, 9.17) is 4.74 Å². The largest absolute Gasteiger partial charge is 0.496 e. The van der Waals surface area contributed by atoms with Gasteiger partial charge in [-0.3, -0.25) is 9.36 Å². The second kappa shape index (κ2) is 5.85. The minimum Gasteiger partial charge on any atom is -0.496 e. The van der Waals surface area contributed by atoms with Crippen molar-refractivity contribution in [3.8, 4) is 5.75 Å². The van der Waals surface area contributed by atoms with E-state index in [2.05, 4.69) is 16.8 Å². The van der Waals surface area contributed by atoms with Gasteiger partial charge in [0, 0.05) is 13.1 Å². The topological polar surface area (TPSA) is 47.4 Å². The summed E-state index contributed by atoms with van der Waals surface area (Å²) in [5, 5.41) is 0.580. The van der Waals surface area contributed by atoms with E-state index >= 15 is 0 Å². The summed E-state index contributed by atoms with van der Waals surface area (Å²) in [6, 6.07) is 5.73. The zero-order chi connectivity index (χ0) is 14.8. The van der Waals surface area contributed by atoms with Gasteiger partial charge in [-0.15, -0.1) is 0 Å². The van der Waals surface area contributed by atoms with Crippen LogP contribution >= 0.6 is 0 Å². The molecule has 2 aromatic rings. The van der Waals surface area contributed by atoms with Gasteiger partial charge >= 0.3 is 0 Å². The molecule has 1 saturated heterocycles. The van der Waals surface area contributed by atoms with Crippen molar-refractivity contribution in [2.45, 2.75) is 25.8 Å². The molecular formula is C16H21N3O2. The second-order valence-electron chi connectivity index (χ2n) is 5.55. The van der Waals surface area contributed by atoms with Crippen molar-refractivity contribution in [3.63, 3.8) is 0 Å². The van der Waals surface area contributed by atoms with Gasteiger partial charge in [0.15, 0.2) is 0 Å². The summed E-state index contributed by atoms with van der Waals surface area (Å²) in [5.41, 5.74) is 0.694. The second-order valence-corrected chi connectivity index (χ2v) is 5.55. The summed E-state index contributed by atoms with van der Waals surface area (Å²) in [6.45, 7) is 5.25. The first-order valence-corrected chi connectivity index (χ1v) is 7.50. The third kappa shape index (κ3) is 2.53. The van der Waals surface area contributed by atoms with E-state index < -0.39 is 0 Å². The predicted molar refractivity (Wildman–Crippen MR) is 82.9 cm³/mol. The Morgan fingerprint density at radius 2 is 2.29 bits per heavy atom. The third-order valence-electron chi connectivity index (χ3n) is 4.17. The van der Waals surface area contributed by atoms with Crippen LogP contribution < -0.4 is 10.3 Å². The van der Waals surface area contributed by atoms with Crippen LogP contribution in [0, 0.1) is 0 Å². The highest BCUT2D eigenvalue weighted by Gasteiger charge is 2.25. The van der Waals surface area contributed by atoms with E-state index in [0.29, 0.717) is 16.7 Å². The number of aromatic nitrogens is 2. The number of hydrogen-bond donors (Lipinski definition) is 0. The van der Waals surface area contributed by atoms with Crippen LogP contribution in [-0.2, 0) is 0 Å². The van der Waals surface area contributed by atoms with Crippen LogP contribution in [-0.4, -0.2) is 41.2 Å². The van der Waals surface area contributed by atoms with Gasteiger partial charge in [0.25, 0.3) is 5.56 Å². The highest BCUT2D eigenvalue weighted by molar-refractivity contribution is 5.83. The molecule has 2 heterocycles. The number of hydrogen-bond acceptors (Lipinski definition) is 4. The smallest absolute Gasteiger partial charge is 0.265 e. The fraction of sp³-hybridized carbons (Fsp3) is 0.500. The number of nitrogens with zero attached hydrogens (tertiary/aromatic N) is 3. The zero-order valence-corrected chi connectivity index (χ0v) is 12.6. The molecule has 112 valence electrons. The lowest BCUT2D eigenvalue weighted by atomic mass is 10.2. The van der Waals surface area contributed by atoms with Crippen molar-refractivity contribution < 1.29 is 4.74 Å². The van der Waals surface area contributed by atoms with Gasteiger partial charge < -0.3 is 9.64 Å². The number of methoxy groups -OCH3 is 1. The monoisotopic (exact) mass is 287 g/mol. The van der Waals surface area contributed by atoms with Gasteiger partial charge in [0.05, 0.1) is 25.0 Å². The first-order valence-electron chi connectivity index (χ1n) is 7.50. The molecule has 0 N–H and O–H groups in total. The SMILES string of the molecule is CCCN1CCC(n2cnc3cccc(OC)c3c2=O)C1. The molecule has 5 nitrogen and oxygen atoms in total. The lowest BCUT2D eigenvalue weighted by Gasteiger charge is -2.17. The molecule has 0 bridgehead atoms. The minimum absolute atomic E-state index is 0.000739. The Balaban J connectivity index is 2.01. The lowest BCUT2D eigenvalue weighted by molar-refractivity contribution is 0.323. The normalized spacial score (nSPS) is 19.2. The number of rotatable bonds is 4. The van der Waals surface area contributed by atoms with Gasteiger partial charge in [0.2, 0.25) is 0 Å². The molecule has 1 aliphatic heterocycles. The maximum Gasteiger partial charge on any atom is 0.265 e. The predicted octanol–water partition coefficient (Wildman–Crippen LogP) is 2.06. The Labute approximate surface area is 124 Å². The van der Waals surface area contributed by atoms with Crippen molar-refractivity contribution in [2.75, 3.05) is 26.7 Å². The molecule has 21 heavy (non-hydrogen) atoms. The minimum atomic E-state index is 0.000739. The first kappa shape index (κ1) is 14.1. The van der Waals surface area contributed by atoms with E-state index in [1.165, 1.54) is 0 Å². The molecule has 1 atom stereocenters. The summed E-state index contributed by atoms with van der Waals surface area (Å²) in [6.07, 6.45) is 3.83. The number of fused-ring (bicyclic) bond motifs is 1. The van der Waals surface area contributed by atoms with E-state index in [9.17, 15) is 4.79 Å². The maximum absolute atomic E-state index is 12.8. The molecule has 0 saturated carbocycles. The van der Waals surface area contributed by atoms with E-state index in [-0.39, 0.29) is 11.6 Å². The van der Waals surface area contributed by atoms with Crippen LogP contribution in [0.25, 0.3) is 10.9 Å². The third-order valence-corrected chi connectivity index (χ3v) is 4.17. The Kier molecular flexibility index (Phi) is 3.92. The maximum atomic E-state index is 12.8. The molecule has 3 rings (SSSR count). The standard InChI is InChI=1S/C16H21N3O2/c1-3-8-18-9-7-12(10-18)19-11-17-13-5-4-6-14(21-2)15(13)16(19)20/h4-6,11-12H,3,7-10H2,1-2H3. The summed E-state index contributed by atoms with van der Waals surface area (Å²) in [4.78, 5) is 19.6. The Hall–Kier alpha value is -1.88. The fourth-order valence-electron chi connectivity index (χ4n) is 3.14. The van der Waals surface area contributed by atoms with Crippen LogP contribution in [0.4, 0.5) is 0 Å². The summed E-state index contributed by atoms with van der Waals surface area (Å²) < 4.78 is 7.10. The highest BCUT2D eigenvalue weighted by Crippen LogP contribution is 2.23. The molecule has 1 aromatic heterocycles. The van der Waals surface area contributed by atoms with Gasteiger partial charge in [0.1, 0.15) is 11.1 Å². The first-order chi connectivity index (χ1) is 10.2.